The molecular formula is C24H32ClFN6. The number of anilines is 1. The summed E-state index contributed by atoms with van der Waals surface area (Å²) < 4.78 is 14.8. The van der Waals surface area contributed by atoms with Crippen molar-refractivity contribution < 1.29 is 4.39 Å². The van der Waals surface area contributed by atoms with Gasteiger partial charge in [0, 0.05) is 73.3 Å². The summed E-state index contributed by atoms with van der Waals surface area (Å²) in [5.74, 6) is 0.767. The molecule has 3 aromatic rings. The smallest absolute Gasteiger partial charge is 0.225 e. The van der Waals surface area contributed by atoms with Crippen LogP contribution in [0.25, 0.3) is 10.9 Å². The van der Waals surface area contributed by atoms with Crippen LogP contribution in [0.5, 0.6) is 0 Å². The van der Waals surface area contributed by atoms with Gasteiger partial charge in [-0.25, -0.2) is 14.4 Å². The fourth-order valence-corrected chi connectivity index (χ4v) is 5.05. The second-order valence-corrected chi connectivity index (χ2v) is 9.46. The number of hydrogen-bond donors (Lipinski definition) is 2. The Balaban J connectivity index is 0.00000245. The van der Waals surface area contributed by atoms with Crippen LogP contribution in [0.4, 0.5) is 10.3 Å². The summed E-state index contributed by atoms with van der Waals surface area (Å²) >= 11 is 0. The van der Waals surface area contributed by atoms with Gasteiger partial charge in [-0.05, 0) is 38.8 Å². The maximum absolute atomic E-state index is 14.8. The highest BCUT2D eigenvalue weighted by Crippen LogP contribution is 2.41. The van der Waals surface area contributed by atoms with Gasteiger partial charge >= 0.3 is 0 Å². The number of aromatic amines is 1. The van der Waals surface area contributed by atoms with Crippen LogP contribution >= 0.6 is 12.4 Å². The number of benzene rings is 1. The fraction of sp³-hybridized carbons (Fsp3) is 0.500. The van der Waals surface area contributed by atoms with Crippen molar-refractivity contribution in [1.82, 2.24) is 25.2 Å². The molecule has 1 fully saturated rings. The van der Waals surface area contributed by atoms with Gasteiger partial charge in [0.05, 0.1) is 6.04 Å². The molecule has 32 heavy (non-hydrogen) atoms. The van der Waals surface area contributed by atoms with Crippen molar-refractivity contribution in [2.45, 2.75) is 44.9 Å². The van der Waals surface area contributed by atoms with Crippen molar-refractivity contribution >= 4 is 29.3 Å². The number of aromatic nitrogens is 3. The van der Waals surface area contributed by atoms with Gasteiger partial charge in [0.1, 0.15) is 5.67 Å². The minimum absolute atomic E-state index is 0. The van der Waals surface area contributed by atoms with Crippen LogP contribution in [0.3, 0.4) is 0 Å². The molecule has 172 valence electrons. The summed E-state index contributed by atoms with van der Waals surface area (Å²) in [6.07, 6.45) is 4.76. The molecule has 0 radical (unpaired) electrons. The molecule has 2 aromatic heterocycles. The quantitative estimate of drug-likeness (QED) is 0.621. The SMILES string of the molecule is C[C@@H]1Cc2c([nH]c3ccccc23)[C@@H](c2cnc(N3CCNCC3)nc2)N1CC(C)(C)F.Cl. The van der Waals surface area contributed by atoms with Crippen molar-refractivity contribution in [3.05, 3.63) is 53.5 Å². The first-order chi connectivity index (χ1) is 14.9. The number of nitrogens with zero attached hydrogens (tertiary/aromatic N) is 4. The molecular weight excluding hydrogens is 427 g/mol. The Morgan fingerprint density at radius 2 is 1.81 bits per heavy atom. The third-order valence-corrected chi connectivity index (χ3v) is 6.45. The van der Waals surface area contributed by atoms with Crippen molar-refractivity contribution in [3.8, 4) is 0 Å². The number of fused-ring (bicyclic) bond motifs is 3. The van der Waals surface area contributed by atoms with Crippen LogP contribution in [0, 0.1) is 0 Å². The molecule has 4 heterocycles. The lowest BCUT2D eigenvalue weighted by Crippen LogP contribution is -2.48. The molecule has 2 aliphatic heterocycles. The van der Waals surface area contributed by atoms with Gasteiger partial charge in [0.25, 0.3) is 0 Å². The van der Waals surface area contributed by atoms with E-state index in [-0.39, 0.29) is 24.5 Å². The Bertz CT molecular complexity index is 1050. The lowest BCUT2D eigenvalue weighted by atomic mass is 9.88. The third-order valence-electron chi connectivity index (χ3n) is 6.45. The first-order valence-corrected chi connectivity index (χ1v) is 11.2. The van der Waals surface area contributed by atoms with Gasteiger partial charge < -0.3 is 15.2 Å². The number of nitrogens with one attached hydrogen (secondary N) is 2. The lowest BCUT2D eigenvalue weighted by Gasteiger charge is -2.42. The summed E-state index contributed by atoms with van der Waals surface area (Å²) in [6, 6.07) is 8.53. The zero-order valence-electron chi connectivity index (χ0n) is 18.9. The summed E-state index contributed by atoms with van der Waals surface area (Å²) in [5, 5.41) is 4.62. The number of hydrogen-bond acceptors (Lipinski definition) is 5. The Hall–Kier alpha value is -2.22. The molecule has 2 atom stereocenters. The van der Waals surface area contributed by atoms with Crippen molar-refractivity contribution in [2.75, 3.05) is 37.6 Å². The maximum Gasteiger partial charge on any atom is 0.225 e. The molecule has 0 bridgehead atoms. The van der Waals surface area contributed by atoms with Crippen LogP contribution in [-0.4, -0.2) is 64.3 Å². The first-order valence-electron chi connectivity index (χ1n) is 11.2. The maximum atomic E-state index is 14.8. The molecule has 8 heteroatoms. The Kier molecular flexibility index (Phi) is 6.43. The van der Waals surface area contributed by atoms with Crippen LogP contribution in [0.2, 0.25) is 0 Å². The normalized spacial score (nSPS) is 21.9. The van der Waals surface area contributed by atoms with Crippen LogP contribution in [-0.2, 0) is 6.42 Å². The number of H-pyrrole nitrogens is 1. The number of alkyl halides is 1. The minimum Gasteiger partial charge on any atom is -0.357 e. The molecule has 0 spiro atoms. The van der Waals surface area contributed by atoms with E-state index in [9.17, 15) is 4.39 Å². The predicted molar refractivity (Wildman–Crippen MR) is 130 cm³/mol. The number of rotatable bonds is 4. The van der Waals surface area contributed by atoms with Gasteiger partial charge in [-0.3, -0.25) is 4.90 Å². The highest BCUT2D eigenvalue weighted by Gasteiger charge is 2.38. The second-order valence-electron chi connectivity index (χ2n) is 9.46. The monoisotopic (exact) mass is 458 g/mol. The molecule has 5 rings (SSSR count). The highest BCUT2D eigenvalue weighted by molar-refractivity contribution is 5.85. The molecule has 0 unspecified atom stereocenters. The van der Waals surface area contributed by atoms with Gasteiger partial charge in [0.15, 0.2) is 0 Å². The van der Waals surface area contributed by atoms with Gasteiger partial charge in [-0.1, -0.05) is 18.2 Å². The Morgan fingerprint density at radius 3 is 2.50 bits per heavy atom. The van der Waals surface area contributed by atoms with Gasteiger partial charge in [-0.15, -0.1) is 12.4 Å². The first kappa shape index (κ1) is 23.0. The predicted octanol–water partition coefficient (Wildman–Crippen LogP) is 3.87. The van der Waals surface area contributed by atoms with E-state index in [0.29, 0.717) is 6.54 Å². The zero-order valence-corrected chi connectivity index (χ0v) is 19.8. The fourth-order valence-electron chi connectivity index (χ4n) is 5.05. The summed E-state index contributed by atoms with van der Waals surface area (Å²) in [6.45, 7) is 9.57. The summed E-state index contributed by atoms with van der Waals surface area (Å²) in [7, 11) is 0. The molecule has 1 aromatic carbocycles. The average Bonchev–Trinajstić information content (AvgIpc) is 3.12. The number of piperazine rings is 1. The topological polar surface area (TPSA) is 60.1 Å². The second kappa shape index (κ2) is 8.96. The average molecular weight is 459 g/mol. The van der Waals surface area contributed by atoms with Crippen LogP contribution in [0.1, 0.15) is 43.6 Å². The molecule has 0 amide bonds. The van der Waals surface area contributed by atoms with Gasteiger partial charge in [-0.2, -0.15) is 0 Å². The molecule has 0 aliphatic carbocycles. The molecule has 2 N–H and O–H groups in total. The van der Waals surface area contributed by atoms with E-state index in [1.165, 1.54) is 10.9 Å². The van der Waals surface area contributed by atoms with Gasteiger partial charge in [0.2, 0.25) is 5.95 Å². The lowest BCUT2D eigenvalue weighted by molar-refractivity contribution is 0.0665. The van der Waals surface area contributed by atoms with Crippen molar-refractivity contribution in [3.63, 3.8) is 0 Å². The highest BCUT2D eigenvalue weighted by atomic mass is 35.5. The van der Waals surface area contributed by atoms with E-state index in [4.69, 9.17) is 9.97 Å². The number of para-hydroxylation sites is 1. The van der Waals surface area contributed by atoms with Crippen molar-refractivity contribution in [1.29, 1.82) is 0 Å². The number of halogens is 2. The van der Waals surface area contributed by atoms with E-state index in [1.807, 2.05) is 12.4 Å². The zero-order chi connectivity index (χ0) is 21.6. The summed E-state index contributed by atoms with van der Waals surface area (Å²) in [5.41, 5.74) is 3.30. The van der Waals surface area contributed by atoms with Crippen molar-refractivity contribution in [2.24, 2.45) is 0 Å². The largest absolute Gasteiger partial charge is 0.357 e. The van der Waals surface area contributed by atoms with E-state index in [0.717, 1.165) is 55.3 Å². The summed E-state index contributed by atoms with van der Waals surface area (Å²) in [4.78, 5) is 17.5. The molecule has 2 aliphatic rings. The Morgan fingerprint density at radius 1 is 1.12 bits per heavy atom. The van der Waals surface area contributed by atoms with Crippen LogP contribution < -0.4 is 10.2 Å². The van der Waals surface area contributed by atoms with E-state index in [1.54, 1.807) is 13.8 Å². The van der Waals surface area contributed by atoms with Crippen LogP contribution in [0.15, 0.2) is 36.7 Å². The van der Waals surface area contributed by atoms with E-state index in [2.05, 4.69) is 51.3 Å². The molecule has 6 nitrogen and oxygen atoms in total. The molecule has 0 saturated carbocycles. The van der Waals surface area contributed by atoms with E-state index >= 15 is 0 Å². The minimum atomic E-state index is -1.29. The molecule has 1 saturated heterocycles. The Labute approximate surface area is 195 Å². The third kappa shape index (κ3) is 4.34. The standard InChI is InChI=1S/C24H31FN6.ClH/c1-16-12-19-18-6-4-5-7-20(18)29-21(19)22(31(16)15-24(2,3)25)17-13-27-23(28-14-17)30-10-8-26-9-11-30;/h4-7,13-14,16,22,26,29H,8-12,15H2,1-3H3;1H/t16-,22-;/m1./s1. The van der Waals surface area contributed by atoms with E-state index < -0.39 is 5.67 Å².